The van der Waals surface area contributed by atoms with Gasteiger partial charge in [-0.15, -0.1) is 26.6 Å². The van der Waals surface area contributed by atoms with E-state index < -0.39 is 5.41 Å². The average molecular weight is 511 g/mol. The normalized spacial score (nSPS) is 19.6. The highest BCUT2D eigenvalue weighted by Gasteiger charge is 2.32. The first-order valence-electron chi connectivity index (χ1n) is 12.5. The van der Waals surface area contributed by atoms with Gasteiger partial charge in [-0.2, -0.15) is 0 Å². The van der Waals surface area contributed by atoms with Gasteiger partial charge in [0.1, 0.15) is 0 Å². The molecule has 1 atom stereocenters. The van der Waals surface area contributed by atoms with Crippen molar-refractivity contribution in [1.29, 1.82) is 0 Å². The van der Waals surface area contributed by atoms with Gasteiger partial charge < -0.3 is 19.6 Å². The van der Waals surface area contributed by atoms with Gasteiger partial charge in [-0.05, 0) is 64.7 Å². The van der Waals surface area contributed by atoms with Crippen molar-refractivity contribution >= 4 is 22.8 Å². The van der Waals surface area contributed by atoms with Crippen molar-refractivity contribution in [2.75, 3.05) is 19.0 Å². The van der Waals surface area contributed by atoms with Crippen LogP contribution in [0.5, 0.6) is 0 Å². The van der Waals surface area contributed by atoms with Gasteiger partial charge in [-0.3, -0.25) is 0 Å². The summed E-state index contributed by atoms with van der Waals surface area (Å²) in [5.41, 5.74) is 2.85. The lowest BCUT2D eigenvalue weighted by Crippen LogP contribution is -2.23. The summed E-state index contributed by atoms with van der Waals surface area (Å²) in [6.45, 7) is 8.63. The number of nitrogens with zero attached hydrogens (tertiary/aromatic N) is 5. The molecule has 10 heteroatoms. The molecule has 4 heterocycles. The fraction of sp³-hybridized carbons (Fsp3) is 0.538. The van der Waals surface area contributed by atoms with Crippen LogP contribution in [0.15, 0.2) is 28.8 Å². The third kappa shape index (κ3) is 4.77. The molecule has 1 fully saturated rings. The number of methoxy groups -OCH3 is 1. The molecule has 192 valence electrons. The third-order valence-corrected chi connectivity index (χ3v) is 8.44. The van der Waals surface area contributed by atoms with Crippen LogP contribution in [0.25, 0.3) is 16.0 Å². The molecular weight excluding hydrogens is 476 g/mol. The third-order valence-electron chi connectivity index (χ3n) is 7.00. The van der Waals surface area contributed by atoms with Crippen LogP contribution in [-0.4, -0.2) is 55.8 Å². The second-order valence-corrected chi connectivity index (χ2v) is 11.4. The first-order chi connectivity index (χ1) is 17.3. The van der Waals surface area contributed by atoms with E-state index in [1.54, 1.807) is 18.4 Å². The first kappa shape index (κ1) is 24.9. The minimum Gasteiger partial charge on any atom is -0.425 e. The maximum atomic E-state index is 10.1. The highest BCUT2D eigenvalue weighted by molar-refractivity contribution is 7.15. The zero-order valence-electron chi connectivity index (χ0n) is 21.5. The average Bonchev–Trinajstić information content (AvgIpc) is 3.58. The van der Waals surface area contributed by atoms with E-state index in [1.165, 1.54) is 5.69 Å². The highest BCUT2D eigenvalue weighted by atomic mass is 32.1. The van der Waals surface area contributed by atoms with Crippen molar-refractivity contribution in [2.45, 2.75) is 76.9 Å². The van der Waals surface area contributed by atoms with Crippen molar-refractivity contribution in [3.05, 3.63) is 46.7 Å². The maximum Gasteiger partial charge on any atom is 0.241 e. The van der Waals surface area contributed by atoms with Gasteiger partial charge in [0.25, 0.3) is 0 Å². The Balaban J connectivity index is 1.54. The monoisotopic (exact) mass is 510 g/mol. The van der Waals surface area contributed by atoms with Crippen LogP contribution < -0.4 is 5.32 Å². The summed E-state index contributed by atoms with van der Waals surface area (Å²) in [5.74, 6) is 2.09. The second kappa shape index (κ2) is 9.91. The number of aliphatic hydroxyl groups excluding tert-OH is 1. The number of anilines is 1. The number of nitrogens with one attached hydrogen (secondary N) is 1. The summed E-state index contributed by atoms with van der Waals surface area (Å²) >= 11 is 1.72. The minimum atomic E-state index is -0.396. The van der Waals surface area contributed by atoms with Crippen LogP contribution in [0.1, 0.15) is 74.7 Å². The van der Waals surface area contributed by atoms with E-state index >= 15 is 0 Å². The molecule has 0 unspecified atom stereocenters. The van der Waals surface area contributed by atoms with Gasteiger partial charge in [0.15, 0.2) is 0 Å². The van der Waals surface area contributed by atoms with Crippen molar-refractivity contribution in [3.63, 3.8) is 0 Å². The predicted octanol–water partition coefficient (Wildman–Crippen LogP) is 4.94. The molecule has 0 amide bonds. The SMILES string of the molecule is COC[C@H](C)Nc1ncc2c(-c3ccc(C(C)(C)c4nnc(C)o4)s3)cc([C@H]3CC[C@H](O)CC3)n2n1. The number of aromatic nitrogens is 5. The number of hydrogen-bond acceptors (Lipinski definition) is 9. The highest BCUT2D eigenvalue weighted by Crippen LogP contribution is 2.42. The largest absolute Gasteiger partial charge is 0.425 e. The minimum absolute atomic E-state index is 0.0891. The molecule has 4 aromatic rings. The molecule has 0 spiro atoms. The van der Waals surface area contributed by atoms with E-state index in [1.807, 2.05) is 24.6 Å². The van der Waals surface area contributed by atoms with E-state index in [9.17, 15) is 5.11 Å². The Morgan fingerprint density at radius 2 is 2.03 bits per heavy atom. The van der Waals surface area contributed by atoms with Gasteiger partial charge in [-0.25, -0.2) is 9.50 Å². The fourth-order valence-electron chi connectivity index (χ4n) is 4.93. The van der Waals surface area contributed by atoms with Crippen LogP contribution in [0, 0.1) is 6.92 Å². The summed E-state index contributed by atoms with van der Waals surface area (Å²) in [6, 6.07) is 6.64. The van der Waals surface area contributed by atoms with E-state index in [0.717, 1.165) is 46.5 Å². The zero-order chi connectivity index (χ0) is 25.4. The Kier molecular flexibility index (Phi) is 6.84. The molecule has 36 heavy (non-hydrogen) atoms. The van der Waals surface area contributed by atoms with Crippen LogP contribution >= 0.6 is 11.3 Å². The van der Waals surface area contributed by atoms with E-state index in [-0.39, 0.29) is 12.1 Å². The Hall–Kier alpha value is -2.82. The molecule has 0 radical (unpaired) electrons. The van der Waals surface area contributed by atoms with Crippen LogP contribution in [0.2, 0.25) is 0 Å². The predicted molar refractivity (Wildman–Crippen MR) is 140 cm³/mol. The lowest BCUT2D eigenvalue weighted by molar-refractivity contribution is 0.121. The summed E-state index contributed by atoms with van der Waals surface area (Å²) in [6.07, 6.45) is 5.21. The molecule has 9 nitrogen and oxygen atoms in total. The molecule has 2 N–H and O–H groups in total. The number of hydrogen-bond donors (Lipinski definition) is 2. The molecule has 4 aromatic heterocycles. The molecule has 0 aliphatic heterocycles. The summed E-state index contributed by atoms with van der Waals surface area (Å²) in [4.78, 5) is 6.92. The standard InChI is InChI=1S/C26H34N6O3S/c1-15(14-34-5)28-25-27-13-21-19(12-20(32(21)31-25)17-6-8-18(33)9-7-17)22-10-11-23(36-22)26(3,4)24-30-29-16(2)35-24/h10-13,15,17-18,33H,6-9,14H2,1-5H3,(H,28,31)/t15-,17-,18-/m0/s1. The van der Waals surface area contributed by atoms with E-state index in [2.05, 4.69) is 52.5 Å². The Morgan fingerprint density at radius 3 is 2.72 bits per heavy atom. The molecule has 5 rings (SSSR count). The first-order valence-corrected chi connectivity index (χ1v) is 13.3. The van der Waals surface area contributed by atoms with Gasteiger partial charge in [0, 0.05) is 47.0 Å². The van der Waals surface area contributed by atoms with Crippen molar-refractivity contribution in [1.82, 2.24) is 24.8 Å². The summed E-state index contributed by atoms with van der Waals surface area (Å²) in [5, 5.41) is 26.6. The van der Waals surface area contributed by atoms with Crippen LogP contribution in [-0.2, 0) is 10.2 Å². The number of aryl methyl sites for hydroxylation is 1. The fourth-order valence-corrected chi connectivity index (χ4v) is 6.05. The van der Waals surface area contributed by atoms with Crippen molar-refractivity contribution in [3.8, 4) is 10.4 Å². The molecule has 1 aliphatic rings. The van der Waals surface area contributed by atoms with E-state index in [4.69, 9.17) is 14.3 Å². The number of aliphatic hydroxyl groups is 1. The Morgan fingerprint density at radius 1 is 1.25 bits per heavy atom. The van der Waals surface area contributed by atoms with Gasteiger partial charge in [-0.1, -0.05) is 0 Å². The van der Waals surface area contributed by atoms with Gasteiger partial charge in [0.05, 0.1) is 29.8 Å². The number of fused-ring (bicyclic) bond motifs is 1. The number of thiophene rings is 1. The zero-order valence-corrected chi connectivity index (χ0v) is 22.3. The van der Waals surface area contributed by atoms with Gasteiger partial charge in [0.2, 0.25) is 17.7 Å². The van der Waals surface area contributed by atoms with Gasteiger partial charge >= 0.3 is 0 Å². The molecular formula is C26H34N6O3S. The van der Waals surface area contributed by atoms with E-state index in [0.29, 0.717) is 30.3 Å². The molecule has 1 aliphatic carbocycles. The number of rotatable bonds is 8. The molecule has 0 saturated heterocycles. The molecule has 1 saturated carbocycles. The van der Waals surface area contributed by atoms with Crippen LogP contribution in [0.4, 0.5) is 5.95 Å². The van der Waals surface area contributed by atoms with Crippen molar-refractivity contribution < 1.29 is 14.3 Å². The lowest BCUT2D eigenvalue weighted by Gasteiger charge is -2.25. The Labute approximate surface area is 214 Å². The smallest absolute Gasteiger partial charge is 0.241 e. The lowest BCUT2D eigenvalue weighted by atomic mass is 9.85. The second-order valence-electron chi connectivity index (χ2n) is 10.3. The number of ether oxygens (including phenoxy) is 1. The summed E-state index contributed by atoms with van der Waals surface area (Å²) in [7, 11) is 1.69. The topological polar surface area (TPSA) is 111 Å². The molecule has 0 bridgehead atoms. The summed E-state index contributed by atoms with van der Waals surface area (Å²) < 4.78 is 13.1. The van der Waals surface area contributed by atoms with Crippen molar-refractivity contribution in [2.24, 2.45) is 0 Å². The maximum absolute atomic E-state index is 10.1. The van der Waals surface area contributed by atoms with Crippen LogP contribution in [0.3, 0.4) is 0 Å². The molecule has 0 aromatic carbocycles. The quantitative estimate of drug-likeness (QED) is 0.343. The Bertz CT molecular complexity index is 1330.